The van der Waals surface area contributed by atoms with Crippen LogP contribution in [0, 0.1) is 18.8 Å². The molecule has 3 amide bonds. The molecule has 0 aromatic carbocycles. The van der Waals surface area contributed by atoms with E-state index in [0.717, 1.165) is 6.42 Å². The first-order chi connectivity index (χ1) is 21.5. The summed E-state index contributed by atoms with van der Waals surface area (Å²) in [5.74, 6) is -1.03. The van der Waals surface area contributed by atoms with E-state index in [9.17, 15) is 24.0 Å². The number of hydrogen-bond donors (Lipinski definition) is 4. The molecule has 6 atom stereocenters. The Balaban J connectivity index is 0.000000512. The van der Waals surface area contributed by atoms with Crippen molar-refractivity contribution in [1.29, 1.82) is 0 Å². The second-order valence-electron chi connectivity index (χ2n) is 13.0. The van der Waals surface area contributed by atoms with Gasteiger partial charge in [0.05, 0.1) is 38.5 Å². The topological polar surface area (TPSA) is 217 Å². The van der Waals surface area contributed by atoms with Crippen LogP contribution in [0.1, 0.15) is 70.6 Å². The maximum atomic E-state index is 13.0. The first kappa shape index (κ1) is 38.9. The lowest BCUT2D eigenvalue weighted by Gasteiger charge is -2.26. The Kier molecular flexibility index (Phi) is 14.4. The van der Waals surface area contributed by atoms with Crippen LogP contribution in [0.4, 0.5) is 0 Å². The number of hydrogen-bond acceptors (Lipinski definition) is 12. The van der Waals surface area contributed by atoms with Crippen molar-refractivity contribution in [2.75, 3.05) is 40.6 Å². The highest BCUT2D eigenvalue weighted by atomic mass is 16.6. The predicted octanol–water partition coefficient (Wildman–Crippen LogP) is 0.466. The van der Waals surface area contributed by atoms with E-state index in [2.05, 4.69) is 35.0 Å². The molecule has 0 unspecified atom stereocenters. The van der Waals surface area contributed by atoms with Gasteiger partial charge in [0.2, 0.25) is 11.8 Å². The van der Waals surface area contributed by atoms with E-state index in [0.29, 0.717) is 31.3 Å². The maximum absolute atomic E-state index is 13.0. The molecule has 0 aliphatic carbocycles. The van der Waals surface area contributed by atoms with Crippen molar-refractivity contribution in [2.45, 2.75) is 96.7 Å². The van der Waals surface area contributed by atoms with Crippen molar-refractivity contribution < 1.29 is 47.4 Å². The molecule has 15 heteroatoms. The van der Waals surface area contributed by atoms with Gasteiger partial charge < -0.3 is 45.2 Å². The molecule has 15 nitrogen and oxygen atoms in total. The van der Waals surface area contributed by atoms with E-state index in [4.69, 9.17) is 29.2 Å². The summed E-state index contributed by atoms with van der Waals surface area (Å²) < 4.78 is 25.3. The standard InChI is InChI=1S/C22H34N4O8.C9H17NO2/c1-12(2)7-14(18(27)22(4)11-33-22)23-20(29)16(9-31-5)25-21(30)17(10-32-6)24-19(28)15-8-13(3)34-26-15;1-6(2)4-7(10)8(11)9(3)5-12-9/h8,12,14,16-17H,7,9-11H2,1-6H3,(H,23,29)(H,24,28)(H,25,30);6-7H,4-5,10H2,1-3H3/t14-,16-,17-,22+;7-,9+/m00/s1. The molecular formula is C31H51N5O10. The molecule has 46 heavy (non-hydrogen) atoms. The van der Waals surface area contributed by atoms with Gasteiger partial charge in [-0.1, -0.05) is 32.9 Å². The number of nitrogens with one attached hydrogen (secondary N) is 3. The van der Waals surface area contributed by atoms with Gasteiger partial charge in [-0.25, -0.2) is 0 Å². The number of carbonyl (C=O) groups excluding carboxylic acids is 5. The third-order valence-electron chi connectivity index (χ3n) is 7.38. The fourth-order valence-corrected chi connectivity index (χ4v) is 4.53. The molecular weight excluding hydrogens is 602 g/mol. The van der Waals surface area contributed by atoms with E-state index in [1.54, 1.807) is 20.8 Å². The molecule has 0 spiro atoms. The van der Waals surface area contributed by atoms with Gasteiger partial charge in [0.25, 0.3) is 5.91 Å². The van der Waals surface area contributed by atoms with Crippen LogP contribution in [0.15, 0.2) is 10.6 Å². The largest absolute Gasteiger partial charge is 0.382 e. The molecule has 2 aliphatic rings. The maximum Gasteiger partial charge on any atom is 0.274 e. The number of Topliss-reactive ketones (excluding diaryl/α,β-unsaturated/α-hetero) is 2. The molecule has 0 radical (unpaired) electrons. The summed E-state index contributed by atoms with van der Waals surface area (Å²) in [6.45, 7) is 13.6. The lowest BCUT2D eigenvalue weighted by Crippen LogP contribution is -2.58. The van der Waals surface area contributed by atoms with E-state index >= 15 is 0 Å². The normalized spacial score (nSPS) is 22.5. The van der Waals surface area contributed by atoms with Crippen LogP contribution in [0.2, 0.25) is 0 Å². The first-order valence-corrected chi connectivity index (χ1v) is 15.4. The zero-order valence-corrected chi connectivity index (χ0v) is 28.4. The van der Waals surface area contributed by atoms with Crippen molar-refractivity contribution in [1.82, 2.24) is 21.1 Å². The quantitative estimate of drug-likeness (QED) is 0.159. The molecule has 0 bridgehead atoms. The van der Waals surface area contributed by atoms with Gasteiger partial charge >= 0.3 is 0 Å². The van der Waals surface area contributed by atoms with Gasteiger partial charge in [0.15, 0.2) is 17.3 Å². The molecule has 2 fully saturated rings. The minimum atomic E-state index is -1.12. The Morgan fingerprint density at radius 1 is 0.826 bits per heavy atom. The summed E-state index contributed by atoms with van der Waals surface area (Å²) in [6, 6.07) is -1.93. The summed E-state index contributed by atoms with van der Waals surface area (Å²) in [5, 5.41) is 11.4. The summed E-state index contributed by atoms with van der Waals surface area (Å²) in [5.41, 5.74) is 4.27. The number of nitrogens with zero attached hydrogens (tertiary/aromatic N) is 1. The minimum Gasteiger partial charge on any atom is -0.382 e. The van der Waals surface area contributed by atoms with Crippen LogP contribution in [-0.2, 0) is 38.1 Å². The average molecular weight is 654 g/mol. The molecule has 1 aromatic heterocycles. The highest BCUT2D eigenvalue weighted by Gasteiger charge is 2.50. The monoisotopic (exact) mass is 653 g/mol. The van der Waals surface area contributed by atoms with Gasteiger partial charge in [-0.2, -0.15) is 0 Å². The number of amides is 3. The Hall–Kier alpha value is -3.24. The third-order valence-corrected chi connectivity index (χ3v) is 7.38. The van der Waals surface area contributed by atoms with Gasteiger partial charge in [0, 0.05) is 20.3 Å². The van der Waals surface area contributed by atoms with E-state index < -0.39 is 47.0 Å². The van der Waals surface area contributed by atoms with Crippen LogP contribution in [0.3, 0.4) is 0 Å². The lowest BCUT2D eigenvalue weighted by molar-refractivity contribution is -0.134. The summed E-state index contributed by atoms with van der Waals surface area (Å²) >= 11 is 0. The van der Waals surface area contributed by atoms with Crippen molar-refractivity contribution in [3.8, 4) is 0 Å². The molecule has 2 aliphatic heterocycles. The average Bonchev–Trinajstić information content (AvgIpc) is 3.87. The second kappa shape index (κ2) is 17.1. The molecule has 5 N–H and O–H groups in total. The van der Waals surface area contributed by atoms with Gasteiger partial charge in [-0.05, 0) is 45.4 Å². The zero-order valence-electron chi connectivity index (χ0n) is 28.4. The summed E-state index contributed by atoms with van der Waals surface area (Å²) in [6.07, 6.45) is 1.16. The van der Waals surface area contributed by atoms with Crippen molar-refractivity contribution >= 4 is 29.3 Å². The molecule has 3 heterocycles. The van der Waals surface area contributed by atoms with Crippen LogP contribution in [0.25, 0.3) is 0 Å². The summed E-state index contributed by atoms with van der Waals surface area (Å²) in [4.78, 5) is 62.6. The fourth-order valence-electron chi connectivity index (χ4n) is 4.53. The SMILES string of the molecule is CC(C)C[C@H](N)C(=O)[C@@]1(C)CO1.COC[C@H](NC(=O)c1cc(C)on1)C(=O)N[C@@H](COC)C(=O)N[C@@H](CC(C)C)C(=O)[C@@]1(C)CO1. The number of epoxide rings is 2. The lowest BCUT2D eigenvalue weighted by atomic mass is 9.93. The van der Waals surface area contributed by atoms with E-state index in [-0.39, 0.29) is 42.4 Å². The number of ether oxygens (including phenoxy) is 4. The number of aryl methyl sites for hydroxylation is 1. The molecule has 260 valence electrons. The number of rotatable bonds is 18. The number of aromatic nitrogens is 1. The number of ketones is 2. The van der Waals surface area contributed by atoms with Crippen molar-refractivity contribution in [3.63, 3.8) is 0 Å². The van der Waals surface area contributed by atoms with E-state index in [1.165, 1.54) is 20.3 Å². The Labute approximate surface area is 270 Å². The smallest absolute Gasteiger partial charge is 0.274 e. The predicted molar refractivity (Wildman–Crippen MR) is 166 cm³/mol. The van der Waals surface area contributed by atoms with E-state index in [1.807, 2.05) is 13.8 Å². The third kappa shape index (κ3) is 11.8. The van der Waals surface area contributed by atoms with Crippen molar-refractivity contribution in [2.24, 2.45) is 17.6 Å². The number of carbonyl (C=O) groups is 5. The zero-order chi connectivity index (χ0) is 34.8. The van der Waals surface area contributed by atoms with Gasteiger partial charge in [-0.15, -0.1) is 0 Å². The molecule has 1 aromatic rings. The van der Waals surface area contributed by atoms with Gasteiger partial charge in [-0.3, -0.25) is 24.0 Å². The molecule has 3 rings (SSSR count). The summed E-state index contributed by atoms with van der Waals surface area (Å²) in [7, 11) is 2.75. The van der Waals surface area contributed by atoms with Crippen LogP contribution >= 0.6 is 0 Å². The number of methoxy groups -OCH3 is 2. The first-order valence-electron chi connectivity index (χ1n) is 15.4. The molecule has 2 saturated heterocycles. The highest BCUT2D eigenvalue weighted by Crippen LogP contribution is 2.30. The Bertz CT molecular complexity index is 1210. The van der Waals surface area contributed by atoms with Crippen molar-refractivity contribution in [3.05, 3.63) is 17.5 Å². The highest BCUT2D eigenvalue weighted by molar-refractivity contribution is 5.99. The Morgan fingerprint density at radius 3 is 1.70 bits per heavy atom. The Morgan fingerprint density at radius 2 is 1.28 bits per heavy atom. The minimum absolute atomic E-state index is 0.00316. The van der Waals surface area contributed by atoms with Crippen LogP contribution in [-0.4, -0.2) is 110 Å². The second-order valence-corrected chi connectivity index (χ2v) is 13.0. The van der Waals surface area contributed by atoms with Gasteiger partial charge in [0.1, 0.15) is 29.0 Å². The number of nitrogens with two attached hydrogens (primary N) is 1. The molecule has 0 saturated carbocycles. The van der Waals surface area contributed by atoms with Crippen LogP contribution in [0.5, 0.6) is 0 Å². The van der Waals surface area contributed by atoms with Crippen LogP contribution < -0.4 is 21.7 Å². The fraction of sp³-hybridized carbons (Fsp3) is 0.742.